The number of halogens is 1. The van der Waals surface area contributed by atoms with Gasteiger partial charge in [-0.05, 0) is 54.6 Å². The Balaban J connectivity index is 1.48. The molecule has 3 N–H and O–H groups in total. The number of carbonyl (C=O) groups excluding carboxylic acids is 2. The van der Waals surface area contributed by atoms with E-state index in [-0.39, 0.29) is 11.3 Å². The Kier molecular flexibility index (Phi) is 5.53. The average Bonchev–Trinajstić information content (AvgIpc) is 3.41. The lowest BCUT2D eigenvalue weighted by molar-refractivity contribution is -0.141. The van der Waals surface area contributed by atoms with E-state index in [1.165, 1.54) is 48.5 Å². The van der Waals surface area contributed by atoms with Crippen molar-refractivity contribution in [3.63, 3.8) is 0 Å². The molecule has 0 aliphatic carbocycles. The molecule has 0 bridgehead atoms. The summed E-state index contributed by atoms with van der Waals surface area (Å²) in [5, 5.41) is 14.2. The number of rotatable bonds is 6. The van der Waals surface area contributed by atoms with Crippen LogP contribution in [0.2, 0.25) is 0 Å². The van der Waals surface area contributed by atoms with Gasteiger partial charge in [0.1, 0.15) is 17.3 Å². The van der Waals surface area contributed by atoms with E-state index >= 15 is 0 Å². The van der Waals surface area contributed by atoms with Crippen LogP contribution in [0.4, 0.5) is 15.8 Å². The van der Waals surface area contributed by atoms with Crippen molar-refractivity contribution in [2.24, 2.45) is 0 Å². The van der Waals surface area contributed by atoms with E-state index in [0.29, 0.717) is 17.1 Å². The minimum Gasteiger partial charge on any atom is -0.497 e. The third kappa shape index (κ3) is 3.84. The number of H-pyrrole nitrogens is 1. The number of ether oxygens (including phenoxy) is 1. The monoisotopic (exact) mass is 524 g/mol. The number of benzene rings is 3. The number of para-hydroxylation sites is 1. The van der Waals surface area contributed by atoms with E-state index in [9.17, 15) is 23.9 Å². The normalized spacial score (nSPS) is 16.5. The Hall–Kier alpha value is -5.25. The molecule has 6 rings (SSSR count). The molecule has 0 spiro atoms. The Morgan fingerprint density at radius 1 is 1.05 bits per heavy atom. The minimum absolute atomic E-state index is 0.00879. The summed E-state index contributed by atoms with van der Waals surface area (Å²) >= 11 is 0. The molecule has 10 heteroatoms. The second kappa shape index (κ2) is 8.95. The Morgan fingerprint density at radius 2 is 1.82 bits per heavy atom. The van der Waals surface area contributed by atoms with Crippen LogP contribution in [-0.4, -0.2) is 40.0 Å². The summed E-state index contributed by atoms with van der Waals surface area (Å²) in [6.45, 7) is 0. The van der Waals surface area contributed by atoms with Crippen LogP contribution < -0.4 is 15.0 Å². The molecule has 39 heavy (non-hydrogen) atoms. The zero-order chi connectivity index (χ0) is 27.3. The lowest BCUT2D eigenvalue weighted by Gasteiger charge is -2.28. The fourth-order valence-electron chi connectivity index (χ4n) is 5.14. The molecule has 0 radical (unpaired) electrons. The first-order chi connectivity index (χ1) is 18.8. The summed E-state index contributed by atoms with van der Waals surface area (Å²) in [6, 6.07) is 19.1. The summed E-state index contributed by atoms with van der Waals surface area (Å²) in [5.74, 6) is -2.87. The van der Waals surface area contributed by atoms with E-state index in [1.54, 1.807) is 18.2 Å². The van der Waals surface area contributed by atoms with Crippen molar-refractivity contribution < 1.29 is 28.6 Å². The van der Waals surface area contributed by atoms with Gasteiger partial charge in [0, 0.05) is 27.5 Å². The number of aromatic amines is 1. The number of nitrogens with zero attached hydrogens (tertiary/aromatic N) is 2. The summed E-state index contributed by atoms with van der Waals surface area (Å²) < 4.78 is 19.0. The largest absolute Gasteiger partial charge is 0.497 e. The van der Waals surface area contributed by atoms with Crippen LogP contribution in [0, 0.1) is 5.82 Å². The second-order valence-corrected chi connectivity index (χ2v) is 9.22. The van der Waals surface area contributed by atoms with Crippen molar-refractivity contribution in [2.75, 3.05) is 12.0 Å². The summed E-state index contributed by atoms with van der Waals surface area (Å²) in [4.78, 5) is 48.7. The highest BCUT2D eigenvalue weighted by Crippen LogP contribution is 2.47. The highest BCUT2D eigenvalue weighted by molar-refractivity contribution is 6.16. The Bertz CT molecular complexity index is 1800. The molecular formula is C29H21FN4O5. The molecule has 0 fully saturated rings. The topological polar surface area (TPSA) is 125 Å². The van der Waals surface area contributed by atoms with Crippen LogP contribution >= 0.6 is 0 Å². The number of anilines is 2. The van der Waals surface area contributed by atoms with Gasteiger partial charge in [0.05, 0.1) is 30.9 Å². The Morgan fingerprint density at radius 3 is 2.56 bits per heavy atom. The molecule has 0 saturated heterocycles. The third-order valence-corrected chi connectivity index (χ3v) is 6.92. The van der Waals surface area contributed by atoms with E-state index in [4.69, 9.17) is 4.74 Å². The van der Waals surface area contributed by atoms with Gasteiger partial charge in [-0.3, -0.25) is 19.3 Å². The fraction of sp³-hybridized carbons (Fsp3) is 0.103. The molecule has 1 aliphatic rings. The number of carbonyl (C=O) groups is 3. The lowest BCUT2D eigenvalue weighted by Crippen LogP contribution is -2.53. The van der Waals surface area contributed by atoms with Crippen molar-refractivity contribution in [3.05, 3.63) is 96.1 Å². The van der Waals surface area contributed by atoms with Crippen molar-refractivity contribution in [3.8, 4) is 5.75 Å². The summed E-state index contributed by atoms with van der Waals surface area (Å²) in [7, 11) is 1.44. The van der Waals surface area contributed by atoms with E-state index < -0.39 is 35.6 Å². The lowest BCUT2D eigenvalue weighted by atomic mass is 9.87. The van der Waals surface area contributed by atoms with Crippen molar-refractivity contribution >= 4 is 51.0 Å². The van der Waals surface area contributed by atoms with E-state index in [2.05, 4.69) is 15.3 Å². The maximum absolute atomic E-state index is 14.1. The number of hydrogen-bond acceptors (Lipinski definition) is 5. The molecule has 3 aromatic carbocycles. The van der Waals surface area contributed by atoms with Crippen molar-refractivity contribution in [1.29, 1.82) is 0 Å². The van der Waals surface area contributed by atoms with Crippen LogP contribution in [0.3, 0.4) is 0 Å². The van der Waals surface area contributed by atoms with Crippen LogP contribution in [0.15, 0.2) is 79.0 Å². The van der Waals surface area contributed by atoms with Crippen molar-refractivity contribution in [1.82, 2.24) is 15.3 Å². The maximum atomic E-state index is 14.1. The number of hydrogen-bond donors (Lipinski definition) is 3. The molecule has 3 heterocycles. The number of aliphatic carboxylic acids is 1. The number of carboxylic acids is 1. The van der Waals surface area contributed by atoms with Crippen LogP contribution in [0.1, 0.15) is 22.5 Å². The average molecular weight is 525 g/mol. The number of amides is 2. The van der Waals surface area contributed by atoms with Crippen LogP contribution in [-0.2, 0) is 15.1 Å². The highest BCUT2D eigenvalue weighted by atomic mass is 19.1. The van der Waals surface area contributed by atoms with Crippen molar-refractivity contribution in [2.45, 2.75) is 12.0 Å². The first kappa shape index (κ1) is 24.1. The number of fused-ring (bicyclic) bond motifs is 4. The number of methoxy groups -OCH3 is 1. The maximum Gasteiger partial charge on any atom is 0.306 e. The van der Waals surface area contributed by atoms with E-state index in [0.717, 1.165) is 21.8 Å². The molecule has 0 saturated carbocycles. The van der Waals surface area contributed by atoms with Gasteiger partial charge in [0.15, 0.2) is 5.54 Å². The number of pyridine rings is 1. The summed E-state index contributed by atoms with van der Waals surface area (Å²) in [6.07, 6.45) is 0.775. The zero-order valence-corrected chi connectivity index (χ0v) is 20.6. The number of carboxylic acid groups (broad SMARTS) is 1. The molecule has 5 aromatic rings. The smallest absolute Gasteiger partial charge is 0.306 e. The molecule has 2 amide bonds. The van der Waals surface area contributed by atoms with Crippen LogP contribution in [0.5, 0.6) is 5.75 Å². The SMILES string of the molecule is COc1ccc2c(c1)C(CC(=O)O)(NC(=O)c1cc3c(cn1)[nH]c1ccccc13)C(=O)N2c1ccc(F)cc1. The number of aromatic nitrogens is 2. The van der Waals surface area contributed by atoms with Gasteiger partial charge in [-0.15, -0.1) is 0 Å². The second-order valence-electron chi connectivity index (χ2n) is 9.22. The molecule has 1 atom stereocenters. The van der Waals surface area contributed by atoms with Gasteiger partial charge < -0.3 is 20.1 Å². The predicted octanol–water partition coefficient (Wildman–Crippen LogP) is 4.64. The third-order valence-electron chi connectivity index (χ3n) is 6.92. The first-order valence-electron chi connectivity index (χ1n) is 12.0. The van der Waals surface area contributed by atoms with Crippen LogP contribution in [0.25, 0.3) is 21.8 Å². The zero-order valence-electron chi connectivity index (χ0n) is 20.6. The highest BCUT2D eigenvalue weighted by Gasteiger charge is 2.54. The molecule has 9 nitrogen and oxygen atoms in total. The van der Waals surface area contributed by atoms with E-state index in [1.807, 2.05) is 24.3 Å². The summed E-state index contributed by atoms with van der Waals surface area (Å²) in [5.41, 5.74) is 0.507. The van der Waals surface area contributed by atoms with Gasteiger partial charge in [0.25, 0.3) is 11.8 Å². The minimum atomic E-state index is -1.99. The fourth-order valence-corrected chi connectivity index (χ4v) is 5.14. The van der Waals surface area contributed by atoms with Gasteiger partial charge in [0.2, 0.25) is 0 Å². The van der Waals surface area contributed by atoms with Gasteiger partial charge in [-0.1, -0.05) is 18.2 Å². The van der Waals surface area contributed by atoms with Gasteiger partial charge >= 0.3 is 5.97 Å². The molecule has 2 aromatic heterocycles. The standard InChI is InChI=1S/C29H21FN4O5/c1-39-18-10-11-25-21(12-18)29(14-26(35)36,28(38)34(25)17-8-6-16(30)7-9-17)33-27(37)23-13-20-19-4-2-3-5-22(19)32-24(20)15-31-23/h2-13,15,32H,14H2,1H3,(H,33,37)(H,35,36). The number of nitrogens with one attached hydrogen (secondary N) is 2. The molecule has 194 valence electrons. The molecule has 1 unspecified atom stereocenters. The Labute approximate surface area is 220 Å². The predicted molar refractivity (Wildman–Crippen MR) is 142 cm³/mol. The van der Waals surface area contributed by atoms with Gasteiger partial charge in [-0.25, -0.2) is 9.37 Å². The molecule has 1 aliphatic heterocycles. The molecular weight excluding hydrogens is 503 g/mol. The van der Waals surface area contributed by atoms with Gasteiger partial charge in [-0.2, -0.15) is 0 Å². The first-order valence-corrected chi connectivity index (χ1v) is 12.0. The quantitative estimate of drug-likeness (QED) is 0.297.